The summed E-state index contributed by atoms with van der Waals surface area (Å²) in [7, 11) is 0. The Balaban J connectivity index is 2.04. The summed E-state index contributed by atoms with van der Waals surface area (Å²) in [6.45, 7) is 0. The maximum absolute atomic E-state index is 13.5. The minimum Gasteiger partial charge on any atom is -0.340 e. The SMILES string of the molecule is Fc1cc(Nc2cc(Cl)nc3ncnn23)ccc1Br. The van der Waals surface area contributed by atoms with Gasteiger partial charge in [0.15, 0.2) is 0 Å². The monoisotopic (exact) mass is 341 g/mol. The second kappa shape index (κ2) is 4.75. The maximum atomic E-state index is 13.5. The van der Waals surface area contributed by atoms with E-state index >= 15 is 0 Å². The molecule has 0 bridgehead atoms. The van der Waals surface area contributed by atoms with E-state index in [1.54, 1.807) is 18.2 Å². The number of benzene rings is 1. The average Bonchev–Trinajstić information content (AvgIpc) is 2.82. The quantitative estimate of drug-likeness (QED) is 0.725. The largest absolute Gasteiger partial charge is 0.340 e. The van der Waals surface area contributed by atoms with E-state index < -0.39 is 0 Å². The fourth-order valence-corrected chi connectivity index (χ4v) is 2.02. The Bertz CT molecular complexity index is 760. The first-order chi connectivity index (χ1) is 9.13. The highest BCUT2D eigenvalue weighted by Gasteiger charge is 2.08. The number of anilines is 2. The van der Waals surface area contributed by atoms with Crippen molar-refractivity contribution in [1.29, 1.82) is 0 Å². The lowest BCUT2D eigenvalue weighted by atomic mass is 10.3. The lowest BCUT2D eigenvalue weighted by Gasteiger charge is -2.08. The molecule has 0 radical (unpaired) electrons. The first-order valence-corrected chi connectivity index (χ1v) is 6.39. The van der Waals surface area contributed by atoms with E-state index in [-0.39, 0.29) is 11.0 Å². The number of aromatic nitrogens is 4. The summed E-state index contributed by atoms with van der Waals surface area (Å²) in [6, 6.07) is 6.29. The van der Waals surface area contributed by atoms with Crippen molar-refractivity contribution < 1.29 is 4.39 Å². The van der Waals surface area contributed by atoms with Crippen molar-refractivity contribution in [3.63, 3.8) is 0 Å². The summed E-state index contributed by atoms with van der Waals surface area (Å²) in [6.07, 6.45) is 1.37. The molecule has 1 N–H and O–H groups in total. The summed E-state index contributed by atoms with van der Waals surface area (Å²) in [4.78, 5) is 7.95. The molecule has 1 aromatic carbocycles. The minimum atomic E-state index is -0.361. The normalized spacial score (nSPS) is 10.9. The topological polar surface area (TPSA) is 55.1 Å². The lowest BCUT2D eigenvalue weighted by molar-refractivity contribution is 0.622. The minimum absolute atomic E-state index is 0.278. The van der Waals surface area contributed by atoms with Gasteiger partial charge in [0.1, 0.15) is 23.1 Å². The van der Waals surface area contributed by atoms with Crippen LogP contribution in [0.5, 0.6) is 0 Å². The lowest BCUT2D eigenvalue weighted by Crippen LogP contribution is -2.01. The molecule has 96 valence electrons. The van der Waals surface area contributed by atoms with Gasteiger partial charge in [0, 0.05) is 11.8 Å². The van der Waals surface area contributed by atoms with E-state index in [1.807, 2.05) is 0 Å². The van der Waals surface area contributed by atoms with Crippen molar-refractivity contribution in [2.45, 2.75) is 0 Å². The van der Waals surface area contributed by atoms with Crippen molar-refractivity contribution in [1.82, 2.24) is 19.6 Å². The van der Waals surface area contributed by atoms with Gasteiger partial charge in [-0.3, -0.25) is 0 Å². The highest BCUT2D eigenvalue weighted by atomic mass is 79.9. The number of hydrogen-bond acceptors (Lipinski definition) is 4. The average molecular weight is 343 g/mol. The van der Waals surface area contributed by atoms with Crippen molar-refractivity contribution in [2.24, 2.45) is 0 Å². The highest BCUT2D eigenvalue weighted by molar-refractivity contribution is 9.10. The predicted octanol–water partition coefficient (Wildman–Crippen LogP) is 3.42. The summed E-state index contributed by atoms with van der Waals surface area (Å²) < 4.78 is 15.3. The van der Waals surface area contributed by atoms with Crippen LogP contribution in [0.25, 0.3) is 5.78 Å². The summed E-state index contributed by atoms with van der Waals surface area (Å²) in [5.41, 5.74) is 0.569. The standard InChI is InChI=1S/C11H6BrClFN5/c12-7-2-1-6(3-8(7)14)17-10-4-9(13)18-11-15-5-16-19(10)11/h1-5,17H. The maximum Gasteiger partial charge on any atom is 0.255 e. The molecule has 0 spiro atoms. The Hall–Kier alpha value is -1.73. The van der Waals surface area contributed by atoms with Gasteiger partial charge < -0.3 is 5.32 Å². The predicted molar refractivity (Wildman–Crippen MR) is 73.2 cm³/mol. The molecule has 3 aromatic rings. The zero-order chi connectivity index (χ0) is 13.4. The Morgan fingerprint density at radius 1 is 1.32 bits per heavy atom. The number of rotatable bonds is 2. The highest BCUT2D eigenvalue weighted by Crippen LogP contribution is 2.23. The summed E-state index contributed by atoms with van der Waals surface area (Å²) >= 11 is 8.99. The van der Waals surface area contributed by atoms with Gasteiger partial charge in [-0.1, -0.05) is 11.6 Å². The van der Waals surface area contributed by atoms with Gasteiger partial charge in [-0.05, 0) is 34.1 Å². The molecule has 2 aromatic heterocycles. The van der Waals surface area contributed by atoms with Gasteiger partial charge in [-0.15, -0.1) is 0 Å². The van der Waals surface area contributed by atoms with Gasteiger partial charge in [-0.25, -0.2) is 4.39 Å². The molecule has 0 fully saturated rings. The van der Waals surface area contributed by atoms with E-state index in [9.17, 15) is 4.39 Å². The van der Waals surface area contributed by atoms with Gasteiger partial charge in [-0.2, -0.15) is 19.6 Å². The zero-order valence-corrected chi connectivity index (χ0v) is 11.7. The third-order valence-corrected chi connectivity index (χ3v) is 3.25. The fourth-order valence-electron chi connectivity index (χ4n) is 1.59. The van der Waals surface area contributed by atoms with Crippen molar-refractivity contribution in [3.05, 3.63) is 46.0 Å². The molecule has 2 heterocycles. The molecule has 0 unspecified atom stereocenters. The molecule has 5 nitrogen and oxygen atoms in total. The third-order valence-electron chi connectivity index (χ3n) is 2.41. The molecule has 8 heteroatoms. The number of hydrogen-bond donors (Lipinski definition) is 1. The van der Waals surface area contributed by atoms with Gasteiger partial charge in [0.25, 0.3) is 5.78 Å². The molecule has 0 aliphatic heterocycles. The molecule has 0 aliphatic carbocycles. The third kappa shape index (κ3) is 2.39. The molecule has 0 aliphatic rings. The van der Waals surface area contributed by atoms with Crippen molar-refractivity contribution >= 4 is 44.8 Å². The Labute approximate surface area is 120 Å². The van der Waals surface area contributed by atoms with Gasteiger partial charge in [0.05, 0.1) is 4.47 Å². The van der Waals surface area contributed by atoms with Crippen LogP contribution in [-0.4, -0.2) is 19.6 Å². The van der Waals surface area contributed by atoms with Crippen molar-refractivity contribution in [2.75, 3.05) is 5.32 Å². The molecular weight excluding hydrogens is 337 g/mol. The van der Waals surface area contributed by atoms with Crippen LogP contribution in [0.4, 0.5) is 15.9 Å². The van der Waals surface area contributed by atoms with Crippen LogP contribution in [0.1, 0.15) is 0 Å². The van der Waals surface area contributed by atoms with Crippen LogP contribution in [0, 0.1) is 5.82 Å². The number of nitrogens with zero attached hydrogens (tertiary/aromatic N) is 4. The molecular formula is C11H6BrClFN5. The molecule has 3 rings (SSSR count). The summed E-state index contributed by atoms with van der Waals surface area (Å²) in [5.74, 6) is 0.557. The smallest absolute Gasteiger partial charge is 0.255 e. The van der Waals surface area contributed by atoms with Crippen LogP contribution >= 0.6 is 27.5 Å². The Kier molecular flexibility index (Phi) is 3.08. The molecule has 0 atom stereocenters. The fraction of sp³-hybridized carbons (Fsp3) is 0. The Morgan fingerprint density at radius 3 is 2.95 bits per heavy atom. The van der Waals surface area contributed by atoms with Crippen molar-refractivity contribution in [3.8, 4) is 0 Å². The molecule has 0 saturated heterocycles. The Morgan fingerprint density at radius 2 is 2.16 bits per heavy atom. The summed E-state index contributed by atoms with van der Waals surface area (Å²) in [5, 5.41) is 7.31. The van der Waals surface area contributed by atoms with E-state index in [1.165, 1.54) is 16.9 Å². The van der Waals surface area contributed by atoms with E-state index in [4.69, 9.17) is 11.6 Å². The van der Waals surface area contributed by atoms with Crippen LogP contribution in [0.2, 0.25) is 5.15 Å². The van der Waals surface area contributed by atoms with E-state index in [2.05, 4.69) is 36.3 Å². The van der Waals surface area contributed by atoms with Gasteiger partial charge >= 0.3 is 0 Å². The molecule has 0 saturated carbocycles. The van der Waals surface area contributed by atoms with Gasteiger partial charge in [0.2, 0.25) is 0 Å². The first-order valence-electron chi connectivity index (χ1n) is 5.22. The second-order valence-corrected chi connectivity index (χ2v) is 4.93. The number of fused-ring (bicyclic) bond motifs is 1. The van der Waals surface area contributed by atoms with Crippen LogP contribution < -0.4 is 5.32 Å². The first kappa shape index (κ1) is 12.3. The zero-order valence-electron chi connectivity index (χ0n) is 9.31. The number of nitrogens with one attached hydrogen (secondary N) is 1. The molecule has 19 heavy (non-hydrogen) atoms. The van der Waals surface area contributed by atoms with Crippen LogP contribution in [-0.2, 0) is 0 Å². The number of halogens is 3. The second-order valence-electron chi connectivity index (χ2n) is 3.69. The molecule has 0 amide bonds. The van der Waals surface area contributed by atoms with E-state index in [0.29, 0.717) is 21.8 Å². The van der Waals surface area contributed by atoms with Crippen LogP contribution in [0.15, 0.2) is 35.1 Å². The van der Waals surface area contributed by atoms with Crippen LogP contribution in [0.3, 0.4) is 0 Å². The van der Waals surface area contributed by atoms with E-state index in [0.717, 1.165) is 0 Å².